The van der Waals surface area contributed by atoms with Gasteiger partial charge in [0, 0.05) is 18.7 Å². The Kier molecular flexibility index (Phi) is 5.98. The average Bonchev–Trinajstić information content (AvgIpc) is 3.19. The summed E-state index contributed by atoms with van der Waals surface area (Å²) in [5.41, 5.74) is 5.94. The molecule has 2 aromatic carbocycles. The number of fused-ring (bicyclic) bond motifs is 1. The molecule has 2 heterocycles. The van der Waals surface area contributed by atoms with Gasteiger partial charge < -0.3 is 14.7 Å². The number of methoxy groups -OCH3 is 1. The van der Waals surface area contributed by atoms with Crippen molar-refractivity contribution in [1.29, 1.82) is 0 Å². The minimum atomic E-state index is -0.190. The molecule has 1 saturated heterocycles. The zero-order valence-corrected chi connectivity index (χ0v) is 20.4. The predicted octanol–water partition coefficient (Wildman–Crippen LogP) is 5.65. The number of aliphatic hydroxyl groups excluding tert-OH is 1. The SMILES string of the molecule is COc1ccc(-c2nc(CO)c(N3CCC4(CC3)Cc3ccccc3C4)nc2C)c(Cl)c1Cl. The number of hydrogen-bond donors (Lipinski definition) is 1. The number of aliphatic hydroxyl groups is 1. The average molecular weight is 484 g/mol. The van der Waals surface area contributed by atoms with Gasteiger partial charge in [-0.05, 0) is 61.3 Å². The number of rotatable bonds is 4. The van der Waals surface area contributed by atoms with E-state index in [1.165, 1.54) is 11.1 Å². The van der Waals surface area contributed by atoms with Gasteiger partial charge in [-0.25, -0.2) is 9.97 Å². The van der Waals surface area contributed by atoms with E-state index < -0.39 is 0 Å². The molecule has 33 heavy (non-hydrogen) atoms. The van der Waals surface area contributed by atoms with Crippen molar-refractivity contribution in [2.24, 2.45) is 5.41 Å². The lowest BCUT2D eigenvalue weighted by Gasteiger charge is -2.40. The van der Waals surface area contributed by atoms with Gasteiger partial charge in [-0.1, -0.05) is 47.5 Å². The van der Waals surface area contributed by atoms with Gasteiger partial charge in [-0.2, -0.15) is 0 Å². The van der Waals surface area contributed by atoms with E-state index in [4.69, 9.17) is 37.9 Å². The van der Waals surface area contributed by atoms with E-state index >= 15 is 0 Å². The number of halogens is 2. The maximum absolute atomic E-state index is 10.1. The lowest BCUT2D eigenvalue weighted by Crippen LogP contribution is -2.41. The highest BCUT2D eigenvalue weighted by atomic mass is 35.5. The molecule has 1 aliphatic heterocycles. The molecule has 1 aromatic heterocycles. The first-order chi connectivity index (χ1) is 15.9. The fourth-order valence-corrected chi connectivity index (χ4v) is 5.84. The first-order valence-electron chi connectivity index (χ1n) is 11.3. The van der Waals surface area contributed by atoms with Crippen LogP contribution in [-0.2, 0) is 19.4 Å². The summed E-state index contributed by atoms with van der Waals surface area (Å²) in [7, 11) is 1.55. The van der Waals surface area contributed by atoms with E-state index in [9.17, 15) is 5.11 Å². The Hall–Kier alpha value is -2.34. The van der Waals surface area contributed by atoms with Crippen molar-refractivity contribution in [3.63, 3.8) is 0 Å². The molecule has 0 bridgehead atoms. The van der Waals surface area contributed by atoms with Crippen LogP contribution in [0.25, 0.3) is 11.3 Å². The summed E-state index contributed by atoms with van der Waals surface area (Å²) in [6, 6.07) is 12.4. The fraction of sp³-hybridized carbons (Fsp3) is 0.385. The molecule has 0 radical (unpaired) electrons. The molecule has 172 valence electrons. The Morgan fingerprint density at radius 2 is 1.67 bits per heavy atom. The molecule has 0 saturated carbocycles. The highest BCUT2D eigenvalue weighted by molar-refractivity contribution is 6.44. The maximum atomic E-state index is 10.1. The Labute approximate surface area is 204 Å². The summed E-state index contributed by atoms with van der Waals surface area (Å²) in [5, 5.41) is 10.8. The second-order valence-corrected chi connectivity index (χ2v) is 9.89. The zero-order valence-electron chi connectivity index (χ0n) is 18.9. The minimum absolute atomic E-state index is 0.190. The molecule has 0 amide bonds. The Morgan fingerprint density at radius 3 is 2.27 bits per heavy atom. The van der Waals surface area contributed by atoms with Crippen LogP contribution < -0.4 is 9.64 Å². The number of aryl methyl sites for hydroxylation is 1. The molecule has 5 rings (SSSR count). The van der Waals surface area contributed by atoms with Crippen LogP contribution >= 0.6 is 23.2 Å². The molecule has 0 unspecified atom stereocenters. The van der Waals surface area contributed by atoms with Crippen molar-refractivity contribution >= 4 is 29.0 Å². The second-order valence-electron chi connectivity index (χ2n) is 9.14. The normalized spacial score (nSPS) is 16.8. The molecule has 5 nitrogen and oxygen atoms in total. The highest BCUT2D eigenvalue weighted by Crippen LogP contribution is 2.45. The molecule has 3 aromatic rings. The third kappa shape index (κ3) is 3.96. The Bertz CT molecular complexity index is 1180. The molecule has 0 atom stereocenters. The van der Waals surface area contributed by atoms with Gasteiger partial charge in [-0.3, -0.25) is 0 Å². The van der Waals surface area contributed by atoms with E-state index in [0.717, 1.165) is 50.3 Å². The molecule has 1 fully saturated rings. The van der Waals surface area contributed by atoms with Crippen molar-refractivity contribution in [3.8, 4) is 17.0 Å². The van der Waals surface area contributed by atoms with Gasteiger partial charge in [0.2, 0.25) is 0 Å². The quantitative estimate of drug-likeness (QED) is 0.519. The highest BCUT2D eigenvalue weighted by Gasteiger charge is 2.40. The third-order valence-electron chi connectivity index (χ3n) is 7.17. The molecular weight excluding hydrogens is 457 g/mol. The summed E-state index contributed by atoms with van der Waals surface area (Å²) < 4.78 is 5.25. The second kappa shape index (κ2) is 8.79. The summed E-state index contributed by atoms with van der Waals surface area (Å²) >= 11 is 12.9. The minimum Gasteiger partial charge on any atom is -0.495 e. The molecule has 1 N–H and O–H groups in total. The fourth-order valence-electron chi connectivity index (χ4n) is 5.35. The summed E-state index contributed by atoms with van der Waals surface area (Å²) in [6.07, 6.45) is 4.53. The van der Waals surface area contributed by atoms with Crippen LogP contribution in [0.2, 0.25) is 10.0 Å². The van der Waals surface area contributed by atoms with E-state index in [0.29, 0.717) is 38.2 Å². The molecule has 7 heteroatoms. The Balaban J connectivity index is 1.41. The lowest BCUT2D eigenvalue weighted by molar-refractivity contribution is 0.231. The van der Waals surface area contributed by atoms with E-state index in [-0.39, 0.29) is 6.61 Å². The number of anilines is 1. The van der Waals surface area contributed by atoms with Gasteiger partial charge >= 0.3 is 0 Å². The summed E-state index contributed by atoms with van der Waals surface area (Å²) in [4.78, 5) is 11.9. The molecule has 1 spiro atoms. The van der Waals surface area contributed by atoms with Crippen LogP contribution in [0.5, 0.6) is 5.75 Å². The lowest BCUT2D eigenvalue weighted by atomic mass is 9.76. The number of hydrogen-bond acceptors (Lipinski definition) is 5. The topological polar surface area (TPSA) is 58.5 Å². The first-order valence-corrected chi connectivity index (χ1v) is 12.0. The van der Waals surface area contributed by atoms with Crippen molar-refractivity contribution in [2.45, 2.75) is 39.2 Å². The number of piperidine rings is 1. The number of aromatic nitrogens is 2. The number of nitrogens with zero attached hydrogens (tertiary/aromatic N) is 3. The van der Waals surface area contributed by atoms with Gasteiger partial charge in [0.05, 0.1) is 30.1 Å². The van der Waals surface area contributed by atoms with Crippen molar-refractivity contribution in [2.75, 3.05) is 25.1 Å². The van der Waals surface area contributed by atoms with Crippen LogP contribution in [0.1, 0.15) is 35.4 Å². The van der Waals surface area contributed by atoms with Crippen molar-refractivity contribution in [1.82, 2.24) is 9.97 Å². The summed E-state index contributed by atoms with van der Waals surface area (Å²) in [6.45, 7) is 3.54. The smallest absolute Gasteiger partial charge is 0.153 e. The predicted molar refractivity (Wildman–Crippen MR) is 132 cm³/mol. The van der Waals surface area contributed by atoms with E-state index in [2.05, 4.69) is 29.2 Å². The monoisotopic (exact) mass is 483 g/mol. The third-order valence-corrected chi connectivity index (χ3v) is 8.03. The standard InChI is InChI=1S/C26H27Cl2N3O2/c1-16-24(19-7-8-21(33-2)23(28)22(19)27)30-20(15-32)25(29-16)31-11-9-26(10-12-31)13-17-5-3-4-6-18(17)14-26/h3-8,32H,9-15H2,1-2H3. The van der Waals surface area contributed by atoms with Gasteiger partial charge in [0.1, 0.15) is 16.5 Å². The number of ether oxygens (including phenoxy) is 1. The van der Waals surface area contributed by atoms with Crippen molar-refractivity contribution < 1.29 is 9.84 Å². The van der Waals surface area contributed by atoms with Crippen LogP contribution in [0.15, 0.2) is 36.4 Å². The van der Waals surface area contributed by atoms with Crippen LogP contribution in [0.4, 0.5) is 5.82 Å². The number of benzene rings is 2. The Morgan fingerprint density at radius 1 is 1.00 bits per heavy atom. The maximum Gasteiger partial charge on any atom is 0.153 e. The largest absolute Gasteiger partial charge is 0.495 e. The summed E-state index contributed by atoms with van der Waals surface area (Å²) in [5.74, 6) is 1.27. The first kappa shape index (κ1) is 22.5. The van der Waals surface area contributed by atoms with Gasteiger partial charge in [0.25, 0.3) is 0 Å². The van der Waals surface area contributed by atoms with E-state index in [1.54, 1.807) is 13.2 Å². The molecular formula is C26H27Cl2N3O2. The molecule has 1 aliphatic carbocycles. The molecule has 2 aliphatic rings. The van der Waals surface area contributed by atoms with Gasteiger partial charge in [-0.15, -0.1) is 0 Å². The van der Waals surface area contributed by atoms with Crippen molar-refractivity contribution in [3.05, 3.63) is 69.0 Å². The van der Waals surface area contributed by atoms with Crippen LogP contribution in [0.3, 0.4) is 0 Å². The van der Waals surface area contributed by atoms with E-state index in [1.807, 2.05) is 13.0 Å². The van der Waals surface area contributed by atoms with Crippen LogP contribution in [0, 0.1) is 12.3 Å². The van der Waals surface area contributed by atoms with Gasteiger partial charge in [0.15, 0.2) is 5.82 Å². The van der Waals surface area contributed by atoms with Crippen LogP contribution in [-0.4, -0.2) is 35.3 Å². The zero-order chi connectivity index (χ0) is 23.2.